The van der Waals surface area contributed by atoms with Crippen LogP contribution in [0.5, 0.6) is 0 Å². The predicted octanol–water partition coefficient (Wildman–Crippen LogP) is 3.01. The van der Waals surface area contributed by atoms with Crippen molar-refractivity contribution in [1.29, 1.82) is 0 Å². The number of aromatic nitrogens is 3. The number of nitrogens with zero attached hydrogens (tertiary/aromatic N) is 5. The molecule has 0 saturated carbocycles. The number of benzene rings is 1. The maximum Gasteiger partial charge on any atom is 0.257 e. The van der Waals surface area contributed by atoms with E-state index in [2.05, 4.69) is 37.9 Å². The number of pyridine rings is 1. The minimum atomic E-state index is 0.390. The largest absolute Gasteiger partial charge is 0.334 e. The molecule has 6 nitrogen and oxygen atoms in total. The van der Waals surface area contributed by atoms with E-state index >= 15 is 0 Å². The molecule has 0 N–H and O–H groups in total. The van der Waals surface area contributed by atoms with Gasteiger partial charge >= 0.3 is 0 Å². The third kappa shape index (κ3) is 3.81. The van der Waals surface area contributed by atoms with Gasteiger partial charge in [0.25, 0.3) is 5.89 Å². The molecule has 3 aromatic rings. The van der Waals surface area contributed by atoms with E-state index in [4.69, 9.17) is 4.52 Å². The Balaban J connectivity index is 1.32. The van der Waals surface area contributed by atoms with Gasteiger partial charge in [-0.3, -0.25) is 14.8 Å². The van der Waals surface area contributed by atoms with E-state index in [1.807, 2.05) is 48.8 Å². The van der Waals surface area contributed by atoms with Crippen molar-refractivity contribution in [2.75, 3.05) is 26.2 Å². The molecule has 0 bridgehead atoms. The number of hydrogen-bond donors (Lipinski definition) is 0. The molecule has 3 heterocycles. The van der Waals surface area contributed by atoms with Crippen molar-refractivity contribution in [3.05, 3.63) is 66.2 Å². The van der Waals surface area contributed by atoms with E-state index in [0.717, 1.165) is 44.1 Å². The molecule has 1 aliphatic heterocycles. The molecule has 26 heavy (non-hydrogen) atoms. The Labute approximate surface area is 153 Å². The van der Waals surface area contributed by atoms with E-state index < -0.39 is 0 Å². The van der Waals surface area contributed by atoms with E-state index in [9.17, 15) is 0 Å². The van der Waals surface area contributed by atoms with E-state index in [1.165, 1.54) is 5.56 Å². The first-order chi connectivity index (χ1) is 12.8. The van der Waals surface area contributed by atoms with Gasteiger partial charge in [-0.05, 0) is 30.7 Å². The Kier molecular flexibility index (Phi) is 5.04. The van der Waals surface area contributed by atoms with Gasteiger partial charge in [-0.15, -0.1) is 0 Å². The zero-order chi connectivity index (χ0) is 17.8. The Bertz CT molecular complexity index is 812. The average molecular weight is 349 g/mol. The molecule has 1 fully saturated rings. The fourth-order valence-corrected chi connectivity index (χ4v) is 3.36. The molecule has 6 heteroatoms. The van der Waals surface area contributed by atoms with Gasteiger partial charge < -0.3 is 4.52 Å². The molecule has 0 aliphatic carbocycles. The van der Waals surface area contributed by atoms with Gasteiger partial charge in [0.2, 0.25) is 0 Å². The van der Waals surface area contributed by atoms with Crippen LogP contribution in [-0.4, -0.2) is 51.1 Å². The summed E-state index contributed by atoms with van der Waals surface area (Å²) in [6.45, 7) is 7.03. The van der Waals surface area contributed by atoms with Crippen LogP contribution in [0.4, 0.5) is 0 Å². The smallest absolute Gasteiger partial charge is 0.257 e. The van der Waals surface area contributed by atoms with Crippen LogP contribution in [0, 0.1) is 0 Å². The molecule has 2 aromatic heterocycles. The minimum Gasteiger partial charge on any atom is -0.334 e. The number of piperazine rings is 1. The molecule has 1 aromatic carbocycles. The Morgan fingerprint density at radius 1 is 1.04 bits per heavy atom. The van der Waals surface area contributed by atoms with Crippen molar-refractivity contribution < 1.29 is 4.52 Å². The zero-order valence-corrected chi connectivity index (χ0v) is 15.0. The summed E-state index contributed by atoms with van der Waals surface area (Å²) in [6, 6.07) is 14.4. The summed E-state index contributed by atoms with van der Waals surface area (Å²) in [7, 11) is 0. The number of hydrogen-bond acceptors (Lipinski definition) is 6. The van der Waals surface area contributed by atoms with Crippen LogP contribution in [0.1, 0.15) is 24.4 Å². The molecule has 0 radical (unpaired) electrons. The molecule has 134 valence electrons. The third-order valence-corrected chi connectivity index (χ3v) is 4.98. The summed E-state index contributed by atoms with van der Waals surface area (Å²) in [6.07, 6.45) is 3.78. The van der Waals surface area contributed by atoms with Crippen molar-refractivity contribution in [2.24, 2.45) is 0 Å². The predicted molar refractivity (Wildman–Crippen MR) is 99.2 cm³/mol. The maximum atomic E-state index is 5.40. The molecule has 0 spiro atoms. The first kappa shape index (κ1) is 16.9. The van der Waals surface area contributed by atoms with Gasteiger partial charge in [-0.1, -0.05) is 29.4 Å². The molecule has 1 saturated heterocycles. The fraction of sp³-hybridized carbons (Fsp3) is 0.350. The molecule has 4 rings (SSSR count). The van der Waals surface area contributed by atoms with Crippen LogP contribution in [0.2, 0.25) is 0 Å². The zero-order valence-electron chi connectivity index (χ0n) is 15.0. The minimum absolute atomic E-state index is 0.390. The second-order valence-corrected chi connectivity index (χ2v) is 6.66. The lowest BCUT2D eigenvalue weighted by atomic mass is 10.1. The monoisotopic (exact) mass is 349 g/mol. The van der Waals surface area contributed by atoms with Gasteiger partial charge in [-0.2, -0.15) is 4.98 Å². The highest BCUT2D eigenvalue weighted by molar-refractivity contribution is 5.51. The second-order valence-electron chi connectivity index (χ2n) is 6.66. The van der Waals surface area contributed by atoms with Crippen LogP contribution in [-0.2, 0) is 6.54 Å². The quantitative estimate of drug-likeness (QED) is 0.706. The maximum absolute atomic E-state index is 5.40. The Morgan fingerprint density at radius 2 is 1.85 bits per heavy atom. The summed E-state index contributed by atoms with van der Waals surface area (Å²) in [5.74, 6) is 1.34. The second kappa shape index (κ2) is 7.76. The molecule has 1 atom stereocenters. The lowest BCUT2D eigenvalue weighted by Gasteiger charge is -2.37. The first-order valence-electron chi connectivity index (χ1n) is 9.04. The Hall–Kier alpha value is -2.57. The van der Waals surface area contributed by atoms with Crippen molar-refractivity contribution in [3.8, 4) is 11.5 Å². The first-order valence-corrected chi connectivity index (χ1v) is 9.04. The van der Waals surface area contributed by atoms with Crippen molar-refractivity contribution in [2.45, 2.75) is 19.5 Å². The van der Waals surface area contributed by atoms with Crippen LogP contribution in [0.3, 0.4) is 0 Å². The Morgan fingerprint density at radius 3 is 2.58 bits per heavy atom. The molecule has 0 unspecified atom stereocenters. The van der Waals surface area contributed by atoms with Crippen LogP contribution in [0.15, 0.2) is 59.4 Å². The van der Waals surface area contributed by atoms with Gasteiger partial charge in [-0.25, -0.2) is 0 Å². The standard InChI is InChI=1S/C20H23N5O/c1-16(18-8-5-9-21-14-18)25-12-10-24(11-13-25)15-19-22-20(26-23-19)17-6-3-2-4-7-17/h2-9,14,16H,10-13,15H2,1H3/t16-/m0/s1. The highest BCUT2D eigenvalue weighted by Gasteiger charge is 2.23. The fourth-order valence-electron chi connectivity index (χ4n) is 3.36. The summed E-state index contributed by atoms with van der Waals surface area (Å²) < 4.78 is 5.40. The van der Waals surface area contributed by atoms with Crippen molar-refractivity contribution in [1.82, 2.24) is 24.9 Å². The average Bonchev–Trinajstić information content (AvgIpc) is 3.18. The van der Waals surface area contributed by atoms with Gasteiger partial charge in [0.15, 0.2) is 5.82 Å². The summed E-state index contributed by atoms with van der Waals surface area (Å²) in [5.41, 5.74) is 2.23. The number of rotatable bonds is 5. The lowest BCUT2D eigenvalue weighted by Crippen LogP contribution is -2.46. The van der Waals surface area contributed by atoms with Crippen LogP contribution < -0.4 is 0 Å². The van der Waals surface area contributed by atoms with E-state index in [0.29, 0.717) is 11.9 Å². The molecule has 0 amide bonds. The normalized spacial score (nSPS) is 17.3. The SMILES string of the molecule is C[C@@H](c1cccnc1)N1CCN(Cc2noc(-c3ccccc3)n2)CC1. The van der Waals surface area contributed by atoms with Gasteiger partial charge in [0, 0.05) is 50.2 Å². The summed E-state index contributed by atoms with van der Waals surface area (Å²) in [4.78, 5) is 13.6. The lowest BCUT2D eigenvalue weighted by molar-refractivity contribution is 0.0955. The third-order valence-electron chi connectivity index (χ3n) is 4.98. The van der Waals surface area contributed by atoms with Gasteiger partial charge in [0.1, 0.15) is 0 Å². The highest BCUT2D eigenvalue weighted by Crippen LogP contribution is 2.21. The molecular formula is C20H23N5O. The van der Waals surface area contributed by atoms with Gasteiger partial charge in [0.05, 0.1) is 6.54 Å². The van der Waals surface area contributed by atoms with Crippen LogP contribution in [0.25, 0.3) is 11.5 Å². The van der Waals surface area contributed by atoms with Crippen molar-refractivity contribution >= 4 is 0 Å². The summed E-state index contributed by atoms with van der Waals surface area (Å²) in [5, 5.41) is 4.14. The van der Waals surface area contributed by atoms with E-state index in [1.54, 1.807) is 0 Å². The van der Waals surface area contributed by atoms with Crippen molar-refractivity contribution in [3.63, 3.8) is 0 Å². The highest BCUT2D eigenvalue weighted by atomic mass is 16.5. The topological polar surface area (TPSA) is 58.3 Å². The molecular weight excluding hydrogens is 326 g/mol. The van der Waals surface area contributed by atoms with E-state index in [-0.39, 0.29) is 0 Å². The molecule has 1 aliphatic rings. The summed E-state index contributed by atoms with van der Waals surface area (Å²) >= 11 is 0. The van der Waals surface area contributed by atoms with Crippen LogP contribution >= 0.6 is 0 Å².